The number of thioether (sulfide) groups is 1. The van der Waals surface area contributed by atoms with E-state index in [1.807, 2.05) is 0 Å². The van der Waals surface area contributed by atoms with Gasteiger partial charge in [0.05, 0.1) is 0 Å². The molecule has 0 aliphatic rings. The molecular weight excluding hydrogens is 597 g/mol. The van der Waals surface area contributed by atoms with Gasteiger partial charge in [-0.15, -0.1) is 0 Å². The fourth-order valence-corrected chi connectivity index (χ4v) is 8.57. The highest BCUT2D eigenvalue weighted by atomic mass is 32.2. The second-order valence-electron chi connectivity index (χ2n) is 16.1. The molecule has 0 spiro atoms. The highest BCUT2D eigenvalue weighted by Gasteiger charge is 1.98. The fraction of sp³-hybridized carbons (Fsp3) is 1.00. The van der Waals surface area contributed by atoms with Crippen LogP contribution in [0.15, 0.2) is 0 Å². The Kier molecular flexibility index (Phi) is 47.7. The van der Waals surface area contributed by atoms with Crippen LogP contribution in [-0.2, 0) is 0 Å². The van der Waals surface area contributed by atoms with Crippen molar-refractivity contribution < 1.29 is 0 Å². The fourth-order valence-electron chi connectivity index (χ4n) is 7.55. The maximum absolute atomic E-state index is 2.31. The molecule has 0 amide bonds. The summed E-state index contributed by atoms with van der Waals surface area (Å²) in [4.78, 5) is 0. The van der Waals surface area contributed by atoms with E-state index >= 15 is 0 Å². The van der Waals surface area contributed by atoms with Crippen LogP contribution >= 0.6 is 11.8 Å². The van der Waals surface area contributed by atoms with Gasteiger partial charge in [-0.3, -0.25) is 0 Å². The van der Waals surface area contributed by atoms with E-state index in [0.717, 1.165) is 0 Å². The molecule has 0 saturated heterocycles. The normalized spacial score (nSPS) is 11.6. The molecule has 48 heavy (non-hydrogen) atoms. The van der Waals surface area contributed by atoms with Crippen molar-refractivity contribution in [1.29, 1.82) is 0 Å². The van der Waals surface area contributed by atoms with Crippen LogP contribution in [0.1, 0.15) is 290 Å². The second kappa shape index (κ2) is 47.4. The molecule has 0 aromatic rings. The maximum atomic E-state index is 2.31. The van der Waals surface area contributed by atoms with Crippen molar-refractivity contribution in [3.63, 3.8) is 0 Å². The molecule has 0 unspecified atom stereocenters. The lowest BCUT2D eigenvalue weighted by Crippen LogP contribution is -1.87. The lowest BCUT2D eigenvalue weighted by molar-refractivity contribution is 0.520. The van der Waals surface area contributed by atoms with E-state index in [1.54, 1.807) is 0 Å². The number of unbranched alkanes of at least 4 members (excludes halogenated alkanes) is 41. The van der Waals surface area contributed by atoms with Gasteiger partial charge in [-0.2, -0.15) is 11.8 Å². The molecule has 0 N–H and O–H groups in total. The zero-order valence-corrected chi connectivity index (χ0v) is 35.0. The average Bonchev–Trinajstić information content (AvgIpc) is 3.10. The molecule has 0 aliphatic heterocycles. The minimum Gasteiger partial charge on any atom is -0.162 e. The highest BCUT2D eigenvalue weighted by Crippen LogP contribution is 2.18. The average molecular weight is 693 g/mol. The Morgan fingerprint density at radius 3 is 0.438 bits per heavy atom. The Morgan fingerprint density at radius 2 is 0.292 bits per heavy atom. The molecule has 0 saturated carbocycles. The summed E-state index contributed by atoms with van der Waals surface area (Å²) in [5.74, 6) is 2.83. The third-order valence-corrected chi connectivity index (χ3v) is 12.2. The minimum atomic E-state index is 1.37. The molecule has 0 aromatic heterocycles. The lowest BCUT2D eigenvalue weighted by Gasteiger charge is -2.05. The summed E-state index contributed by atoms with van der Waals surface area (Å²) < 4.78 is 0. The Hall–Kier alpha value is 0.350. The van der Waals surface area contributed by atoms with E-state index in [1.165, 1.54) is 288 Å². The molecule has 0 radical (unpaired) electrons. The zero-order valence-electron chi connectivity index (χ0n) is 34.2. The van der Waals surface area contributed by atoms with Crippen LogP contribution in [0.4, 0.5) is 0 Å². The summed E-state index contributed by atoms with van der Waals surface area (Å²) >= 11 is 2.23. The topological polar surface area (TPSA) is 0 Å². The van der Waals surface area contributed by atoms with E-state index in [9.17, 15) is 0 Å². The van der Waals surface area contributed by atoms with E-state index < -0.39 is 0 Å². The van der Waals surface area contributed by atoms with Crippen molar-refractivity contribution in [3.05, 3.63) is 0 Å². The third kappa shape index (κ3) is 46.4. The Balaban J connectivity index is 3.04. The second-order valence-corrected chi connectivity index (χ2v) is 17.3. The Morgan fingerprint density at radius 1 is 0.167 bits per heavy atom. The molecule has 290 valence electrons. The summed E-state index contributed by atoms with van der Waals surface area (Å²) in [5, 5.41) is 0. The summed E-state index contributed by atoms with van der Waals surface area (Å²) in [6, 6.07) is 0. The molecule has 0 bridgehead atoms. The first-order valence-electron chi connectivity index (χ1n) is 23.5. The molecule has 0 fully saturated rings. The maximum Gasteiger partial charge on any atom is -0.00675 e. The van der Waals surface area contributed by atoms with Gasteiger partial charge in [0.25, 0.3) is 0 Å². The number of hydrogen-bond donors (Lipinski definition) is 0. The first-order valence-corrected chi connectivity index (χ1v) is 24.6. The molecule has 0 atom stereocenters. The summed E-state index contributed by atoms with van der Waals surface area (Å²) in [6.07, 6.45) is 63.6. The number of hydrogen-bond acceptors (Lipinski definition) is 1. The van der Waals surface area contributed by atoms with E-state index in [-0.39, 0.29) is 0 Å². The van der Waals surface area contributed by atoms with Crippen molar-refractivity contribution >= 4 is 11.8 Å². The molecule has 0 rings (SSSR count). The molecular formula is C47H96S. The van der Waals surface area contributed by atoms with Gasteiger partial charge in [0.2, 0.25) is 0 Å². The largest absolute Gasteiger partial charge is 0.162 e. The molecule has 0 nitrogen and oxygen atoms in total. The van der Waals surface area contributed by atoms with Gasteiger partial charge < -0.3 is 0 Å². The van der Waals surface area contributed by atoms with Crippen LogP contribution < -0.4 is 0 Å². The zero-order chi connectivity index (χ0) is 34.5. The van der Waals surface area contributed by atoms with Gasteiger partial charge in [0, 0.05) is 0 Å². The van der Waals surface area contributed by atoms with Crippen LogP contribution in [0, 0.1) is 0 Å². The molecule has 0 aliphatic carbocycles. The summed E-state index contributed by atoms with van der Waals surface area (Å²) in [7, 11) is 0. The van der Waals surface area contributed by atoms with Gasteiger partial charge in [0.1, 0.15) is 0 Å². The minimum absolute atomic E-state index is 1.37. The van der Waals surface area contributed by atoms with Gasteiger partial charge >= 0.3 is 0 Å². The summed E-state index contributed by atoms with van der Waals surface area (Å²) in [5.41, 5.74) is 0. The van der Waals surface area contributed by atoms with Crippen LogP contribution in [-0.4, -0.2) is 11.5 Å². The Bertz CT molecular complexity index is 469. The van der Waals surface area contributed by atoms with Crippen LogP contribution in [0.2, 0.25) is 0 Å². The quantitative estimate of drug-likeness (QED) is 0.0573. The van der Waals surface area contributed by atoms with E-state index in [4.69, 9.17) is 0 Å². The van der Waals surface area contributed by atoms with Crippen LogP contribution in [0.25, 0.3) is 0 Å². The number of rotatable bonds is 45. The van der Waals surface area contributed by atoms with Crippen molar-refractivity contribution in [2.75, 3.05) is 11.5 Å². The van der Waals surface area contributed by atoms with Crippen molar-refractivity contribution in [2.45, 2.75) is 290 Å². The SMILES string of the molecule is CCCCCCCCCCCCCCCCCCCCCCCCSCCCCCCCCCCCCCCCCCCCCCCC. The standard InChI is InChI=1S/C47H96S/c1-3-5-7-9-11-13-15-17-19-21-23-25-27-29-31-33-35-37-39-41-43-45-47-48-46-44-42-40-38-36-34-32-30-28-26-24-22-20-18-16-14-12-10-8-6-4-2/h3-47H2,1-2H3. The van der Waals surface area contributed by atoms with Crippen LogP contribution in [0.3, 0.4) is 0 Å². The first-order chi connectivity index (χ1) is 23.9. The highest BCUT2D eigenvalue weighted by molar-refractivity contribution is 7.99. The third-order valence-electron chi connectivity index (χ3n) is 11.0. The van der Waals surface area contributed by atoms with E-state index in [2.05, 4.69) is 25.6 Å². The van der Waals surface area contributed by atoms with Gasteiger partial charge in [0.15, 0.2) is 0 Å². The first kappa shape index (κ1) is 48.3. The lowest BCUT2D eigenvalue weighted by atomic mass is 10.0. The Labute approximate surface area is 312 Å². The predicted molar refractivity (Wildman–Crippen MR) is 227 cm³/mol. The van der Waals surface area contributed by atoms with Gasteiger partial charge in [-0.1, -0.05) is 277 Å². The van der Waals surface area contributed by atoms with Gasteiger partial charge in [-0.05, 0) is 24.3 Å². The van der Waals surface area contributed by atoms with Crippen LogP contribution in [0.5, 0.6) is 0 Å². The van der Waals surface area contributed by atoms with Gasteiger partial charge in [-0.25, -0.2) is 0 Å². The van der Waals surface area contributed by atoms with E-state index in [0.29, 0.717) is 0 Å². The predicted octanol–water partition coefficient (Wildman–Crippen LogP) is 18.5. The molecule has 1 heteroatoms. The van der Waals surface area contributed by atoms with Crippen molar-refractivity contribution in [3.8, 4) is 0 Å². The van der Waals surface area contributed by atoms with Crippen molar-refractivity contribution in [1.82, 2.24) is 0 Å². The monoisotopic (exact) mass is 693 g/mol. The smallest absolute Gasteiger partial charge is 0.00675 e. The molecule has 0 aromatic carbocycles. The molecule has 0 heterocycles. The van der Waals surface area contributed by atoms with Crippen molar-refractivity contribution in [2.24, 2.45) is 0 Å². The summed E-state index contributed by atoms with van der Waals surface area (Å²) in [6.45, 7) is 4.62.